The summed E-state index contributed by atoms with van der Waals surface area (Å²) in [5.41, 5.74) is 1.57. The first-order valence-electron chi connectivity index (χ1n) is 5.89. The van der Waals surface area contributed by atoms with Crippen LogP contribution in [0.5, 0.6) is 11.5 Å². The average molecular weight is 265 g/mol. The van der Waals surface area contributed by atoms with Gasteiger partial charge in [0.05, 0.1) is 26.3 Å². The van der Waals surface area contributed by atoms with Gasteiger partial charge >= 0.3 is 0 Å². The molecule has 0 saturated carbocycles. The summed E-state index contributed by atoms with van der Waals surface area (Å²) < 4.78 is 10.4. The number of ketones is 1. The van der Waals surface area contributed by atoms with E-state index in [4.69, 9.17) is 9.47 Å². The molecule has 5 heteroatoms. The fourth-order valence-electron chi connectivity index (χ4n) is 1.80. The molecule has 1 aromatic rings. The van der Waals surface area contributed by atoms with Gasteiger partial charge < -0.3 is 14.4 Å². The number of benzene rings is 1. The van der Waals surface area contributed by atoms with E-state index in [1.165, 1.54) is 18.9 Å². The molecule has 0 atom stereocenters. The highest BCUT2D eigenvalue weighted by Gasteiger charge is 2.17. The zero-order chi connectivity index (χ0) is 14.6. The summed E-state index contributed by atoms with van der Waals surface area (Å²) in [4.78, 5) is 24.4. The van der Waals surface area contributed by atoms with Crippen molar-refractivity contribution in [2.75, 3.05) is 26.2 Å². The minimum atomic E-state index is -0.247. The van der Waals surface area contributed by atoms with Gasteiger partial charge in [-0.25, -0.2) is 0 Å². The van der Waals surface area contributed by atoms with Crippen molar-refractivity contribution < 1.29 is 19.1 Å². The van der Waals surface area contributed by atoms with Gasteiger partial charge in [0.1, 0.15) is 5.78 Å². The quantitative estimate of drug-likeness (QED) is 0.764. The monoisotopic (exact) mass is 265 g/mol. The van der Waals surface area contributed by atoms with E-state index in [1.807, 2.05) is 6.92 Å². The molecule has 1 rings (SSSR count). The molecule has 19 heavy (non-hydrogen) atoms. The Morgan fingerprint density at radius 2 is 1.68 bits per heavy atom. The Hall–Kier alpha value is -2.04. The smallest absolute Gasteiger partial charge is 0.234 e. The van der Waals surface area contributed by atoms with Crippen LogP contribution < -0.4 is 14.4 Å². The van der Waals surface area contributed by atoms with Crippen molar-refractivity contribution in [2.45, 2.75) is 20.3 Å². The number of rotatable bonds is 5. The molecular weight excluding hydrogens is 246 g/mol. The largest absolute Gasteiger partial charge is 0.493 e. The van der Waals surface area contributed by atoms with Gasteiger partial charge in [-0.05, 0) is 25.5 Å². The van der Waals surface area contributed by atoms with Gasteiger partial charge in [-0.1, -0.05) is 0 Å². The Kier molecular flexibility index (Phi) is 4.92. The lowest BCUT2D eigenvalue weighted by molar-refractivity contribution is -0.125. The molecule has 104 valence electrons. The second-order valence-corrected chi connectivity index (χ2v) is 4.33. The van der Waals surface area contributed by atoms with Gasteiger partial charge in [-0.15, -0.1) is 0 Å². The average Bonchev–Trinajstić information content (AvgIpc) is 2.36. The molecule has 0 spiro atoms. The number of aryl methyl sites for hydroxylation is 1. The number of hydrogen-bond acceptors (Lipinski definition) is 4. The Balaban J connectivity index is 3.12. The first-order chi connectivity index (χ1) is 8.90. The highest BCUT2D eigenvalue weighted by atomic mass is 16.5. The number of hydrogen-bond donors (Lipinski definition) is 0. The molecule has 0 heterocycles. The molecule has 0 aliphatic heterocycles. The van der Waals surface area contributed by atoms with Crippen molar-refractivity contribution in [2.24, 2.45) is 0 Å². The lowest BCUT2D eigenvalue weighted by Crippen LogP contribution is -2.28. The van der Waals surface area contributed by atoms with Crippen LogP contribution in [0.4, 0.5) is 5.69 Å². The van der Waals surface area contributed by atoms with Crippen LogP contribution in [0.25, 0.3) is 0 Å². The number of amides is 1. The van der Waals surface area contributed by atoms with Gasteiger partial charge in [-0.2, -0.15) is 0 Å². The van der Waals surface area contributed by atoms with Crippen molar-refractivity contribution in [3.63, 3.8) is 0 Å². The number of carbonyl (C=O) groups is 2. The van der Waals surface area contributed by atoms with E-state index in [0.717, 1.165) is 5.56 Å². The third-order valence-corrected chi connectivity index (χ3v) is 2.84. The predicted molar refractivity (Wildman–Crippen MR) is 73.0 cm³/mol. The third kappa shape index (κ3) is 3.47. The van der Waals surface area contributed by atoms with Crippen molar-refractivity contribution >= 4 is 17.4 Å². The second kappa shape index (κ2) is 6.22. The van der Waals surface area contributed by atoms with Crippen molar-refractivity contribution in [3.05, 3.63) is 17.7 Å². The van der Waals surface area contributed by atoms with E-state index in [-0.39, 0.29) is 18.1 Å². The fraction of sp³-hybridized carbons (Fsp3) is 0.429. The number of ether oxygens (including phenoxy) is 2. The molecule has 0 radical (unpaired) electrons. The standard InChI is InChI=1S/C14H19NO4/c1-9-6-12(18-4)13(19-5)8-11(9)15(3)14(17)7-10(2)16/h6,8H,7H2,1-5H3. The Bertz CT molecular complexity index is 496. The maximum Gasteiger partial charge on any atom is 0.234 e. The third-order valence-electron chi connectivity index (χ3n) is 2.84. The van der Waals surface area contributed by atoms with Crippen molar-refractivity contribution in [1.82, 2.24) is 0 Å². The molecule has 1 aromatic carbocycles. The van der Waals surface area contributed by atoms with Gasteiger partial charge in [0.25, 0.3) is 0 Å². The summed E-state index contributed by atoms with van der Waals surface area (Å²) in [5, 5.41) is 0. The Morgan fingerprint density at radius 1 is 1.16 bits per heavy atom. The van der Waals surface area contributed by atoms with E-state index >= 15 is 0 Å². The molecule has 1 amide bonds. The molecule has 5 nitrogen and oxygen atoms in total. The topological polar surface area (TPSA) is 55.8 Å². The summed E-state index contributed by atoms with van der Waals surface area (Å²) in [7, 11) is 4.73. The normalized spacial score (nSPS) is 9.95. The molecule has 0 aliphatic carbocycles. The molecule has 0 unspecified atom stereocenters. The lowest BCUT2D eigenvalue weighted by atomic mass is 10.1. The second-order valence-electron chi connectivity index (χ2n) is 4.33. The van der Waals surface area contributed by atoms with E-state index in [1.54, 1.807) is 26.3 Å². The summed E-state index contributed by atoms with van der Waals surface area (Å²) in [6, 6.07) is 3.53. The zero-order valence-electron chi connectivity index (χ0n) is 11.9. The maximum atomic E-state index is 11.9. The Morgan fingerprint density at radius 3 is 2.16 bits per heavy atom. The van der Waals surface area contributed by atoms with Gasteiger partial charge in [0, 0.05) is 13.1 Å². The van der Waals surface area contributed by atoms with Crippen molar-refractivity contribution in [1.29, 1.82) is 0 Å². The minimum Gasteiger partial charge on any atom is -0.493 e. The van der Waals surface area contributed by atoms with Crippen LogP contribution in [0, 0.1) is 6.92 Å². The number of methoxy groups -OCH3 is 2. The van der Waals surface area contributed by atoms with Crippen LogP contribution in [0.15, 0.2) is 12.1 Å². The van der Waals surface area contributed by atoms with E-state index in [9.17, 15) is 9.59 Å². The lowest BCUT2D eigenvalue weighted by Gasteiger charge is -2.21. The number of anilines is 1. The predicted octanol–water partition coefficient (Wildman–Crippen LogP) is 1.95. The molecule has 0 saturated heterocycles. The number of carbonyl (C=O) groups excluding carboxylic acids is 2. The minimum absolute atomic E-state index is 0.107. The molecular formula is C14H19NO4. The van der Waals surface area contributed by atoms with Crippen LogP contribution in [0.1, 0.15) is 18.9 Å². The summed E-state index contributed by atoms with van der Waals surface area (Å²) >= 11 is 0. The van der Waals surface area contributed by atoms with Crippen molar-refractivity contribution in [3.8, 4) is 11.5 Å². The van der Waals surface area contributed by atoms with Crippen LogP contribution in [-0.2, 0) is 9.59 Å². The summed E-state index contributed by atoms with van der Waals surface area (Å²) in [6.07, 6.45) is -0.107. The summed E-state index contributed by atoms with van der Waals surface area (Å²) in [5.74, 6) is 0.750. The molecule has 0 aromatic heterocycles. The van der Waals surface area contributed by atoms with E-state index < -0.39 is 0 Å². The first-order valence-corrected chi connectivity index (χ1v) is 5.89. The molecule has 0 bridgehead atoms. The van der Waals surface area contributed by atoms with Gasteiger partial charge in [0.15, 0.2) is 11.5 Å². The van der Waals surface area contributed by atoms with Gasteiger partial charge in [0.2, 0.25) is 5.91 Å². The van der Waals surface area contributed by atoms with Crippen LogP contribution >= 0.6 is 0 Å². The molecule has 0 fully saturated rings. The highest BCUT2D eigenvalue weighted by molar-refractivity contribution is 6.05. The highest BCUT2D eigenvalue weighted by Crippen LogP contribution is 2.34. The molecule has 0 aliphatic rings. The maximum absolute atomic E-state index is 11.9. The number of nitrogens with zero attached hydrogens (tertiary/aromatic N) is 1. The van der Waals surface area contributed by atoms with E-state index in [2.05, 4.69) is 0 Å². The van der Waals surface area contributed by atoms with E-state index in [0.29, 0.717) is 17.2 Å². The number of Topliss-reactive ketones (excluding diaryl/α,β-unsaturated/α-hetero) is 1. The zero-order valence-corrected chi connectivity index (χ0v) is 11.9. The first kappa shape index (κ1) is 15.0. The van der Waals surface area contributed by atoms with Crippen LogP contribution in [0.3, 0.4) is 0 Å². The van der Waals surface area contributed by atoms with Crippen LogP contribution in [0.2, 0.25) is 0 Å². The SMILES string of the molecule is COc1cc(C)c(N(C)C(=O)CC(C)=O)cc1OC. The summed E-state index contributed by atoms with van der Waals surface area (Å²) in [6.45, 7) is 3.27. The Labute approximate surface area is 113 Å². The van der Waals surface area contributed by atoms with Gasteiger partial charge in [-0.3, -0.25) is 9.59 Å². The molecule has 0 N–H and O–H groups in total. The fourth-order valence-corrected chi connectivity index (χ4v) is 1.80. The van der Waals surface area contributed by atoms with Crippen LogP contribution in [-0.4, -0.2) is 33.0 Å².